The SMILES string of the molecule is CCCCCCCCCCC[C@@H](OC(C)=O)[C@H]1CCCCCO1. The van der Waals surface area contributed by atoms with Crippen LogP contribution in [0, 0.1) is 0 Å². The van der Waals surface area contributed by atoms with E-state index in [1.807, 2.05) is 0 Å². The van der Waals surface area contributed by atoms with Crippen molar-refractivity contribution >= 4 is 5.97 Å². The van der Waals surface area contributed by atoms with Gasteiger partial charge in [-0.05, 0) is 25.7 Å². The summed E-state index contributed by atoms with van der Waals surface area (Å²) in [7, 11) is 0. The van der Waals surface area contributed by atoms with Gasteiger partial charge in [0.25, 0.3) is 0 Å². The van der Waals surface area contributed by atoms with Gasteiger partial charge in [0.1, 0.15) is 6.10 Å². The zero-order valence-corrected chi connectivity index (χ0v) is 15.5. The van der Waals surface area contributed by atoms with Crippen molar-refractivity contribution in [2.75, 3.05) is 6.61 Å². The Labute approximate surface area is 143 Å². The number of esters is 1. The lowest BCUT2D eigenvalue weighted by molar-refractivity contribution is -0.155. The van der Waals surface area contributed by atoms with E-state index in [0.717, 1.165) is 32.3 Å². The van der Waals surface area contributed by atoms with E-state index in [2.05, 4.69) is 6.92 Å². The van der Waals surface area contributed by atoms with Crippen molar-refractivity contribution in [3.05, 3.63) is 0 Å². The highest BCUT2D eigenvalue weighted by Gasteiger charge is 2.25. The number of carbonyl (C=O) groups excluding carboxylic acids is 1. The van der Waals surface area contributed by atoms with Crippen molar-refractivity contribution in [1.29, 1.82) is 0 Å². The number of rotatable bonds is 12. The van der Waals surface area contributed by atoms with Crippen LogP contribution < -0.4 is 0 Å². The summed E-state index contributed by atoms with van der Waals surface area (Å²) in [5.74, 6) is -0.168. The number of carbonyl (C=O) groups is 1. The van der Waals surface area contributed by atoms with Crippen LogP contribution in [0.15, 0.2) is 0 Å². The molecule has 136 valence electrons. The fraction of sp³-hybridized carbons (Fsp3) is 0.950. The van der Waals surface area contributed by atoms with Gasteiger partial charge >= 0.3 is 5.97 Å². The van der Waals surface area contributed by atoms with Gasteiger partial charge in [-0.3, -0.25) is 4.79 Å². The Hall–Kier alpha value is -0.570. The molecule has 1 heterocycles. The van der Waals surface area contributed by atoms with Gasteiger partial charge in [-0.25, -0.2) is 0 Å². The highest BCUT2D eigenvalue weighted by atomic mass is 16.6. The van der Waals surface area contributed by atoms with E-state index in [-0.39, 0.29) is 18.2 Å². The molecule has 1 aliphatic rings. The molecule has 0 saturated carbocycles. The molecule has 1 fully saturated rings. The van der Waals surface area contributed by atoms with Gasteiger partial charge in [-0.15, -0.1) is 0 Å². The van der Waals surface area contributed by atoms with Crippen molar-refractivity contribution in [2.45, 2.75) is 116 Å². The number of unbranched alkanes of at least 4 members (excludes halogenated alkanes) is 8. The first-order valence-corrected chi connectivity index (χ1v) is 10.0. The van der Waals surface area contributed by atoms with Crippen LogP contribution >= 0.6 is 0 Å². The monoisotopic (exact) mass is 326 g/mol. The first-order valence-electron chi connectivity index (χ1n) is 10.0. The first-order chi connectivity index (χ1) is 11.2. The highest BCUT2D eigenvalue weighted by molar-refractivity contribution is 5.66. The van der Waals surface area contributed by atoms with E-state index in [1.54, 1.807) is 0 Å². The van der Waals surface area contributed by atoms with Crippen molar-refractivity contribution in [3.63, 3.8) is 0 Å². The minimum absolute atomic E-state index is 0.0323. The van der Waals surface area contributed by atoms with Gasteiger partial charge < -0.3 is 9.47 Å². The third-order valence-electron chi connectivity index (χ3n) is 4.79. The predicted molar refractivity (Wildman–Crippen MR) is 95.6 cm³/mol. The van der Waals surface area contributed by atoms with Gasteiger partial charge in [0.15, 0.2) is 0 Å². The van der Waals surface area contributed by atoms with Gasteiger partial charge in [0.2, 0.25) is 0 Å². The lowest BCUT2D eigenvalue weighted by Gasteiger charge is -2.25. The van der Waals surface area contributed by atoms with Gasteiger partial charge in [-0.2, -0.15) is 0 Å². The van der Waals surface area contributed by atoms with Gasteiger partial charge in [0.05, 0.1) is 6.10 Å². The highest BCUT2D eigenvalue weighted by Crippen LogP contribution is 2.22. The summed E-state index contributed by atoms with van der Waals surface area (Å²) in [6.45, 7) is 4.59. The fourth-order valence-electron chi connectivity index (χ4n) is 3.43. The Balaban J connectivity index is 2.14. The summed E-state index contributed by atoms with van der Waals surface area (Å²) >= 11 is 0. The average Bonchev–Trinajstić information content (AvgIpc) is 2.81. The van der Waals surface area contributed by atoms with Crippen LogP contribution in [0.5, 0.6) is 0 Å². The molecule has 0 N–H and O–H groups in total. The third-order valence-corrected chi connectivity index (χ3v) is 4.79. The molecule has 23 heavy (non-hydrogen) atoms. The summed E-state index contributed by atoms with van der Waals surface area (Å²) in [6.07, 6.45) is 17.6. The summed E-state index contributed by atoms with van der Waals surface area (Å²) < 4.78 is 11.5. The molecule has 0 radical (unpaired) electrons. The maximum absolute atomic E-state index is 11.4. The molecule has 0 aromatic rings. The molecule has 0 spiro atoms. The molecular formula is C20H38O3. The summed E-state index contributed by atoms with van der Waals surface area (Å²) in [5, 5.41) is 0. The van der Waals surface area contributed by atoms with E-state index < -0.39 is 0 Å². The van der Waals surface area contributed by atoms with Crippen LogP contribution in [0.1, 0.15) is 104 Å². The van der Waals surface area contributed by atoms with Crippen molar-refractivity contribution in [1.82, 2.24) is 0 Å². The predicted octanol–water partition coefficient (Wildman–Crippen LogP) is 5.80. The maximum Gasteiger partial charge on any atom is 0.302 e. The molecule has 1 aliphatic heterocycles. The summed E-state index contributed by atoms with van der Waals surface area (Å²) in [4.78, 5) is 11.4. The molecular weight excluding hydrogens is 288 g/mol. The fourth-order valence-corrected chi connectivity index (χ4v) is 3.43. The van der Waals surface area contributed by atoms with Crippen molar-refractivity contribution in [2.24, 2.45) is 0 Å². The Morgan fingerprint density at radius 2 is 1.65 bits per heavy atom. The first kappa shape index (κ1) is 20.5. The lowest BCUT2D eigenvalue weighted by atomic mass is 10.0. The molecule has 0 unspecified atom stereocenters. The standard InChI is InChI=1S/C20H38O3/c1-3-4-5-6-7-8-9-10-12-16-20(23-18(2)21)19-15-13-11-14-17-22-19/h19-20H,3-17H2,1-2H3/t19-,20-/m1/s1. The third kappa shape index (κ3) is 10.8. The van der Waals surface area contributed by atoms with Crippen LogP contribution in [0.25, 0.3) is 0 Å². The Morgan fingerprint density at radius 1 is 1.00 bits per heavy atom. The quantitative estimate of drug-likeness (QED) is 0.336. The minimum atomic E-state index is -0.168. The molecule has 0 aromatic heterocycles. The molecule has 0 bridgehead atoms. The van der Waals surface area contributed by atoms with E-state index >= 15 is 0 Å². The molecule has 3 heteroatoms. The molecule has 2 atom stereocenters. The summed E-state index contributed by atoms with van der Waals surface area (Å²) in [6, 6.07) is 0. The van der Waals surface area contributed by atoms with E-state index in [0.29, 0.717) is 0 Å². The molecule has 3 nitrogen and oxygen atoms in total. The van der Waals surface area contributed by atoms with Crippen molar-refractivity contribution in [3.8, 4) is 0 Å². The van der Waals surface area contributed by atoms with Crippen LogP contribution in [-0.2, 0) is 14.3 Å². The maximum atomic E-state index is 11.4. The van der Waals surface area contributed by atoms with E-state index in [4.69, 9.17) is 9.47 Å². The topological polar surface area (TPSA) is 35.5 Å². The summed E-state index contributed by atoms with van der Waals surface area (Å²) in [5.41, 5.74) is 0. The molecule has 0 aliphatic carbocycles. The number of ether oxygens (including phenoxy) is 2. The Kier molecular flexibility index (Phi) is 12.3. The van der Waals surface area contributed by atoms with Gasteiger partial charge in [-0.1, -0.05) is 71.1 Å². The minimum Gasteiger partial charge on any atom is -0.460 e. The smallest absolute Gasteiger partial charge is 0.302 e. The van der Waals surface area contributed by atoms with Crippen molar-refractivity contribution < 1.29 is 14.3 Å². The number of hydrogen-bond acceptors (Lipinski definition) is 3. The van der Waals surface area contributed by atoms with Gasteiger partial charge in [0, 0.05) is 13.5 Å². The van der Waals surface area contributed by atoms with E-state index in [1.165, 1.54) is 71.1 Å². The normalized spacial score (nSPS) is 20.0. The molecule has 0 aromatic carbocycles. The van der Waals surface area contributed by atoms with Crippen LogP contribution in [0.3, 0.4) is 0 Å². The second kappa shape index (κ2) is 13.8. The van der Waals surface area contributed by atoms with Crippen LogP contribution in [0.4, 0.5) is 0 Å². The van der Waals surface area contributed by atoms with Crippen LogP contribution in [0.2, 0.25) is 0 Å². The zero-order chi connectivity index (χ0) is 16.8. The lowest BCUT2D eigenvalue weighted by Crippen LogP contribution is -2.32. The van der Waals surface area contributed by atoms with E-state index in [9.17, 15) is 4.79 Å². The zero-order valence-electron chi connectivity index (χ0n) is 15.5. The largest absolute Gasteiger partial charge is 0.460 e. The molecule has 1 saturated heterocycles. The second-order valence-electron chi connectivity index (χ2n) is 7.02. The number of hydrogen-bond donors (Lipinski definition) is 0. The van der Waals surface area contributed by atoms with Crippen LogP contribution in [-0.4, -0.2) is 24.8 Å². The molecule has 1 rings (SSSR count). The Morgan fingerprint density at radius 3 is 2.30 bits per heavy atom. The molecule has 0 amide bonds. The Bertz CT molecular complexity index is 283. The second-order valence-corrected chi connectivity index (χ2v) is 7.02. The average molecular weight is 327 g/mol.